The molecule has 134 valence electrons. The third-order valence-corrected chi connectivity index (χ3v) is 4.89. The Hall–Kier alpha value is -2.41. The Morgan fingerprint density at radius 1 is 1.15 bits per heavy atom. The topological polar surface area (TPSA) is 56.0 Å². The van der Waals surface area contributed by atoms with Gasteiger partial charge in [0.2, 0.25) is 0 Å². The normalized spacial score (nSPS) is 13.9. The van der Waals surface area contributed by atoms with Gasteiger partial charge >= 0.3 is 0 Å². The Labute approximate surface area is 160 Å². The van der Waals surface area contributed by atoms with E-state index in [-0.39, 0.29) is 11.4 Å². The highest BCUT2D eigenvalue weighted by Crippen LogP contribution is 2.32. The van der Waals surface area contributed by atoms with Crippen molar-refractivity contribution in [2.45, 2.75) is 39.4 Å². The van der Waals surface area contributed by atoms with Gasteiger partial charge in [0.15, 0.2) is 0 Å². The number of pyridine rings is 1. The molecule has 0 N–H and O–H groups in total. The van der Waals surface area contributed by atoms with E-state index in [1.54, 1.807) is 18.5 Å². The van der Waals surface area contributed by atoms with Crippen LogP contribution in [0.2, 0.25) is 0 Å². The van der Waals surface area contributed by atoms with Crippen LogP contribution in [0.15, 0.2) is 47.5 Å². The molecule has 1 amide bonds. The first-order valence-corrected chi connectivity index (χ1v) is 9.28. The van der Waals surface area contributed by atoms with E-state index in [0.717, 1.165) is 21.5 Å². The first-order valence-electron chi connectivity index (χ1n) is 8.49. The van der Waals surface area contributed by atoms with Gasteiger partial charge in [-0.3, -0.25) is 9.78 Å². The zero-order valence-corrected chi connectivity index (χ0v) is 16.6. The minimum Gasteiger partial charge on any atom is -0.328 e. The van der Waals surface area contributed by atoms with E-state index in [2.05, 4.69) is 50.9 Å². The van der Waals surface area contributed by atoms with E-state index in [1.807, 2.05) is 29.4 Å². The second-order valence-corrected chi connectivity index (χ2v) is 8.39. The number of hydrogen-bond donors (Lipinski definition) is 0. The zero-order chi connectivity index (χ0) is 18.5. The van der Waals surface area contributed by atoms with Crippen LogP contribution in [0.5, 0.6) is 0 Å². The predicted molar refractivity (Wildman–Crippen MR) is 102 cm³/mol. The number of hydrogen-bond acceptors (Lipinski definition) is 3. The van der Waals surface area contributed by atoms with Crippen molar-refractivity contribution in [1.29, 1.82) is 0 Å². The fraction of sp³-hybridized carbons (Fsp3) is 0.316. The monoisotopic (exact) mass is 413 g/mol. The van der Waals surface area contributed by atoms with Crippen molar-refractivity contribution in [2.75, 3.05) is 0 Å². The molecule has 0 aromatic carbocycles. The largest absolute Gasteiger partial charge is 0.328 e. The van der Waals surface area contributed by atoms with Gasteiger partial charge in [-0.1, -0.05) is 0 Å². The summed E-state index contributed by atoms with van der Waals surface area (Å²) in [6.45, 7) is 7.47. The fourth-order valence-electron chi connectivity index (χ4n) is 3.27. The molecule has 7 heteroatoms. The molecule has 6 nitrogen and oxygen atoms in total. The van der Waals surface area contributed by atoms with Crippen LogP contribution in [0, 0.1) is 0 Å². The van der Waals surface area contributed by atoms with Gasteiger partial charge in [-0.25, -0.2) is 4.68 Å². The number of carbonyl (C=O) groups excluding carboxylic acids is 1. The van der Waals surface area contributed by atoms with Gasteiger partial charge in [0, 0.05) is 34.8 Å². The molecule has 0 saturated heterocycles. The molecule has 0 bridgehead atoms. The lowest BCUT2D eigenvalue weighted by atomic mass is 10.1. The van der Waals surface area contributed by atoms with Gasteiger partial charge in [0.1, 0.15) is 5.82 Å². The standard InChI is InChI=1S/C19H20BrN5O/c1-19(2,3)25-17(23-6-4-5-7-23)15-11-24(12-16(15)22-25)18(26)13-8-14(20)10-21-9-13/h4-10H,11-12H2,1-3H3. The van der Waals surface area contributed by atoms with Gasteiger partial charge < -0.3 is 9.47 Å². The summed E-state index contributed by atoms with van der Waals surface area (Å²) < 4.78 is 4.93. The molecule has 0 aliphatic carbocycles. The molecule has 1 aliphatic heterocycles. The summed E-state index contributed by atoms with van der Waals surface area (Å²) in [5.74, 6) is 0.998. The average molecular weight is 414 g/mol. The van der Waals surface area contributed by atoms with Crippen LogP contribution >= 0.6 is 15.9 Å². The second-order valence-electron chi connectivity index (χ2n) is 7.47. The maximum absolute atomic E-state index is 12.9. The van der Waals surface area contributed by atoms with E-state index >= 15 is 0 Å². The Balaban J connectivity index is 1.71. The minimum atomic E-state index is -0.146. The number of amides is 1. The molecule has 3 aromatic rings. The molecular formula is C19H20BrN5O. The minimum absolute atomic E-state index is 0.0300. The summed E-state index contributed by atoms with van der Waals surface area (Å²) in [5, 5.41) is 4.84. The first kappa shape index (κ1) is 17.0. The van der Waals surface area contributed by atoms with Crippen LogP contribution in [-0.4, -0.2) is 30.1 Å². The van der Waals surface area contributed by atoms with Crippen molar-refractivity contribution in [3.63, 3.8) is 0 Å². The number of aromatic nitrogens is 4. The van der Waals surface area contributed by atoms with Gasteiger partial charge in [-0.15, -0.1) is 0 Å². The molecule has 0 fully saturated rings. The van der Waals surface area contributed by atoms with Crippen LogP contribution in [0.4, 0.5) is 0 Å². The van der Waals surface area contributed by atoms with Gasteiger partial charge in [-0.2, -0.15) is 5.10 Å². The Morgan fingerprint density at radius 2 is 1.88 bits per heavy atom. The highest BCUT2D eigenvalue weighted by Gasteiger charge is 2.34. The van der Waals surface area contributed by atoms with E-state index in [4.69, 9.17) is 5.10 Å². The SMILES string of the molecule is CC(C)(C)n1nc2c(c1-n1cccc1)CN(C(=O)c1cncc(Br)c1)C2. The summed E-state index contributed by atoms with van der Waals surface area (Å²) in [6.07, 6.45) is 7.31. The summed E-state index contributed by atoms with van der Waals surface area (Å²) >= 11 is 3.38. The lowest BCUT2D eigenvalue weighted by Crippen LogP contribution is -2.29. The molecule has 0 spiro atoms. The molecule has 4 heterocycles. The van der Waals surface area contributed by atoms with Crippen LogP contribution in [0.25, 0.3) is 5.82 Å². The summed E-state index contributed by atoms with van der Waals surface area (Å²) in [5.41, 5.74) is 2.50. The van der Waals surface area contributed by atoms with Crippen LogP contribution in [0.3, 0.4) is 0 Å². The summed E-state index contributed by atoms with van der Waals surface area (Å²) in [4.78, 5) is 18.8. The third-order valence-electron chi connectivity index (χ3n) is 4.45. The number of nitrogens with zero attached hydrogens (tertiary/aromatic N) is 5. The van der Waals surface area contributed by atoms with E-state index < -0.39 is 0 Å². The quantitative estimate of drug-likeness (QED) is 0.642. The Morgan fingerprint density at radius 3 is 2.54 bits per heavy atom. The van der Waals surface area contributed by atoms with Crippen molar-refractivity contribution in [2.24, 2.45) is 0 Å². The van der Waals surface area contributed by atoms with E-state index in [1.165, 1.54) is 0 Å². The van der Waals surface area contributed by atoms with Crippen molar-refractivity contribution in [3.8, 4) is 5.82 Å². The summed E-state index contributed by atoms with van der Waals surface area (Å²) in [7, 11) is 0. The van der Waals surface area contributed by atoms with E-state index in [0.29, 0.717) is 18.7 Å². The first-order chi connectivity index (χ1) is 12.3. The van der Waals surface area contributed by atoms with E-state index in [9.17, 15) is 4.79 Å². The third kappa shape index (κ3) is 2.86. The van der Waals surface area contributed by atoms with Crippen LogP contribution in [-0.2, 0) is 18.6 Å². The molecule has 0 radical (unpaired) electrons. The molecule has 1 aliphatic rings. The number of carbonyl (C=O) groups is 1. The lowest BCUT2D eigenvalue weighted by Gasteiger charge is -2.24. The Bertz CT molecular complexity index is 968. The van der Waals surface area contributed by atoms with Crippen LogP contribution < -0.4 is 0 Å². The average Bonchev–Trinajstić information content (AvgIpc) is 3.28. The molecule has 26 heavy (non-hydrogen) atoms. The lowest BCUT2D eigenvalue weighted by molar-refractivity contribution is 0.0748. The predicted octanol–water partition coefficient (Wildman–Crippen LogP) is 3.74. The zero-order valence-electron chi connectivity index (χ0n) is 15.0. The van der Waals surface area contributed by atoms with Crippen LogP contribution in [0.1, 0.15) is 42.4 Å². The molecule has 0 saturated carbocycles. The molecular weight excluding hydrogens is 394 g/mol. The Kier molecular flexibility index (Phi) is 3.99. The smallest absolute Gasteiger partial charge is 0.256 e. The van der Waals surface area contributed by atoms with Crippen molar-refractivity contribution < 1.29 is 4.79 Å². The maximum Gasteiger partial charge on any atom is 0.256 e. The van der Waals surface area contributed by atoms with Crippen molar-refractivity contribution in [1.82, 2.24) is 24.2 Å². The second kappa shape index (κ2) is 6.09. The van der Waals surface area contributed by atoms with Crippen molar-refractivity contribution >= 4 is 21.8 Å². The van der Waals surface area contributed by atoms with Gasteiger partial charge in [0.25, 0.3) is 5.91 Å². The molecule has 4 rings (SSSR count). The number of rotatable bonds is 2. The number of halogens is 1. The number of fused-ring (bicyclic) bond motifs is 1. The van der Waals surface area contributed by atoms with Crippen molar-refractivity contribution in [3.05, 3.63) is 64.3 Å². The highest BCUT2D eigenvalue weighted by molar-refractivity contribution is 9.10. The molecule has 3 aromatic heterocycles. The molecule has 0 unspecified atom stereocenters. The fourth-order valence-corrected chi connectivity index (χ4v) is 3.63. The maximum atomic E-state index is 12.9. The highest BCUT2D eigenvalue weighted by atomic mass is 79.9. The summed E-state index contributed by atoms with van der Waals surface area (Å²) in [6, 6.07) is 5.79. The molecule has 0 atom stereocenters. The van der Waals surface area contributed by atoms with Gasteiger partial charge in [0.05, 0.1) is 29.9 Å². The van der Waals surface area contributed by atoms with Gasteiger partial charge in [-0.05, 0) is 54.9 Å².